The standard InChI is InChI=1S/C21H32N4O2/c1-22-21(25(2)14-17-10-11-27-15-17)23-13-16-6-5-9-19(12-16)24-20(26)18-7-3-4-8-18/h5-6,9,12,17-18H,3-4,7-8,10-11,13-15H2,1-2H3,(H,22,23)(H,24,26). The molecular formula is C21H32N4O2. The van der Waals surface area contributed by atoms with Gasteiger partial charge in [0, 0.05) is 51.3 Å². The molecule has 1 heterocycles. The van der Waals surface area contributed by atoms with Crippen LogP contribution in [0, 0.1) is 11.8 Å². The van der Waals surface area contributed by atoms with Crippen molar-refractivity contribution in [1.82, 2.24) is 10.2 Å². The van der Waals surface area contributed by atoms with E-state index in [1.54, 1.807) is 0 Å². The molecule has 1 amide bonds. The molecule has 1 saturated heterocycles. The summed E-state index contributed by atoms with van der Waals surface area (Å²) in [5, 5.41) is 6.49. The monoisotopic (exact) mass is 372 g/mol. The minimum Gasteiger partial charge on any atom is -0.381 e. The second kappa shape index (κ2) is 9.74. The number of carbonyl (C=O) groups excluding carboxylic acids is 1. The first kappa shape index (κ1) is 19.7. The molecule has 0 bridgehead atoms. The first-order valence-electron chi connectivity index (χ1n) is 10.0. The largest absolute Gasteiger partial charge is 0.381 e. The summed E-state index contributed by atoms with van der Waals surface area (Å²) in [6.07, 6.45) is 5.48. The van der Waals surface area contributed by atoms with E-state index in [2.05, 4.69) is 33.6 Å². The zero-order valence-corrected chi connectivity index (χ0v) is 16.5. The fourth-order valence-electron chi connectivity index (χ4n) is 3.96. The van der Waals surface area contributed by atoms with Crippen molar-refractivity contribution in [3.63, 3.8) is 0 Å². The van der Waals surface area contributed by atoms with Crippen molar-refractivity contribution in [2.75, 3.05) is 39.2 Å². The summed E-state index contributed by atoms with van der Waals surface area (Å²) in [5.41, 5.74) is 2.00. The minimum absolute atomic E-state index is 0.159. The normalized spacial score (nSPS) is 20.7. The minimum atomic E-state index is 0.159. The highest BCUT2D eigenvalue weighted by atomic mass is 16.5. The number of aliphatic imine (C=N–C) groups is 1. The molecule has 6 heteroatoms. The van der Waals surface area contributed by atoms with Crippen molar-refractivity contribution in [3.05, 3.63) is 29.8 Å². The lowest BCUT2D eigenvalue weighted by atomic mass is 10.1. The number of anilines is 1. The molecule has 3 rings (SSSR count). The summed E-state index contributed by atoms with van der Waals surface area (Å²) < 4.78 is 5.46. The fraction of sp³-hybridized carbons (Fsp3) is 0.619. The van der Waals surface area contributed by atoms with Crippen LogP contribution in [0.5, 0.6) is 0 Å². The van der Waals surface area contributed by atoms with Gasteiger partial charge in [-0.25, -0.2) is 0 Å². The third-order valence-corrected chi connectivity index (χ3v) is 5.50. The van der Waals surface area contributed by atoms with Crippen LogP contribution in [0.15, 0.2) is 29.3 Å². The van der Waals surface area contributed by atoms with Gasteiger partial charge >= 0.3 is 0 Å². The summed E-state index contributed by atoms with van der Waals surface area (Å²) in [7, 11) is 3.87. The van der Waals surface area contributed by atoms with Crippen molar-refractivity contribution >= 4 is 17.6 Å². The molecule has 1 saturated carbocycles. The smallest absolute Gasteiger partial charge is 0.227 e. The molecule has 1 atom stereocenters. The molecule has 27 heavy (non-hydrogen) atoms. The number of guanidine groups is 1. The van der Waals surface area contributed by atoms with E-state index < -0.39 is 0 Å². The Morgan fingerprint density at radius 3 is 2.81 bits per heavy atom. The van der Waals surface area contributed by atoms with Crippen LogP contribution in [-0.2, 0) is 16.1 Å². The molecule has 2 aliphatic rings. The average Bonchev–Trinajstić information content (AvgIpc) is 3.36. The van der Waals surface area contributed by atoms with E-state index >= 15 is 0 Å². The highest BCUT2D eigenvalue weighted by Gasteiger charge is 2.22. The second-order valence-electron chi connectivity index (χ2n) is 7.68. The summed E-state index contributed by atoms with van der Waals surface area (Å²) in [6, 6.07) is 8.05. The SMILES string of the molecule is CN=C(NCc1cccc(NC(=O)C2CCCC2)c1)N(C)CC1CCOC1. The lowest BCUT2D eigenvalue weighted by molar-refractivity contribution is -0.119. The van der Waals surface area contributed by atoms with E-state index in [0.29, 0.717) is 12.5 Å². The van der Waals surface area contributed by atoms with Crippen molar-refractivity contribution in [1.29, 1.82) is 0 Å². The predicted molar refractivity (Wildman–Crippen MR) is 109 cm³/mol. The van der Waals surface area contributed by atoms with Gasteiger partial charge in [-0.2, -0.15) is 0 Å². The maximum atomic E-state index is 12.3. The van der Waals surface area contributed by atoms with Gasteiger partial charge in [-0.1, -0.05) is 25.0 Å². The van der Waals surface area contributed by atoms with Gasteiger partial charge in [-0.15, -0.1) is 0 Å². The molecule has 2 N–H and O–H groups in total. The molecule has 0 radical (unpaired) electrons. The summed E-state index contributed by atoms with van der Waals surface area (Å²) in [5.74, 6) is 1.79. The molecule has 1 aromatic rings. The molecule has 1 aromatic carbocycles. The lowest BCUT2D eigenvalue weighted by Gasteiger charge is -2.24. The number of benzene rings is 1. The number of carbonyl (C=O) groups is 1. The van der Waals surface area contributed by atoms with E-state index in [4.69, 9.17) is 4.74 Å². The van der Waals surface area contributed by atoms with E-state index in [1.165, 1.54) is 12.8 Å². The Hall–Kier alpha value is -2.08. The maximum Gasteiger partial charge on any atom is 0.227 e. The maximum absolute atomic E-state index is 12.3. The van der Waals surface area contributed by atoms with Gasteiger partial charge in [0.2, 0.25) is 5.91 Å². The molecule has 148 valence electrons. The van der Waals surface area contributed by atoms with Gasteiger partial charge in [0.25, 0.3) is 0 Å². The van der Waals surface area contributed by atoms with Gasteiger partial charge in [0.15, 0.2) is 5.96 Å². The van der Waals surface area contributed by atoms with E-state index in [1.807, 2.05) is 25.2 Å². The third-order valence-electron chi connectivity index (χ3n) is 5.50. The van der Waals surface area contributed by atoms with E-state index in [-0.39, 0.29) is 11.8 Å². The van der Waals surface area contributed by atoms with Crippen molar-refractivity contribution in [2.45, 2.75) is 38.6 Å². The zero-order valence-electron chi connectivity index (χ0n) is 16.5. The molecule has 1 aliphatic heterocycles. The Labute approximate surface area is 162 Å². The summed E-state index contributed by atoms with van der Waals surface area (Å²) >= 11 is 0. The fourth-order valence-corrected chi connectivity index (χ4v) is 3.96. The number of hydrogen-bond donors (Lipinski definition) is 2. The van der Waals surface area contributed by atoms with Crippen molar-refractivity contribution in [3.8, 4) is 0 Å². The molecular weight excluding hydrogens is 340 g/mol. The summed E-state index contributed by atoms with van der Waals surface area (Å²) in [4.78, 5) is 18.9. The number of rotatable bonds is 6. The van der Waals surface area contributed by atoms with E-state index in [9.17, 15) is 4.79 Å². The lowest BCUT2D eigenvalue weighted by Crippen LogP contribution is -2.41. The first-order valence-corrected chi connectivity index (χ1v) is 10.0. The topological polar surface area (TPSA) is 66.0 Å². The van der Waals surface area contributed by atoms with Crippen molar-refractivity contribution < 1.29 is 9.53 Å². The number of nitrogens with zero attached hydrogens (tertiary/aromatic N) is 2. The molecule has 6 nitrogen and oxygen atoms in total. The van der Waals surface area contributed by atoms with Crippen LogP contribution in [0.4, 0.5) is 5.69 Å². The number of nitrogens with one attached hydrogen (secondary N) is 2. The number of ether oxygens (including phenoxy) is 1. The molecule has 0 aromatic heterocycles. The van der Waals surface area contributed by atoms with Gasteiger partial charge < -0.3 is 20.3 Å². The van der Waals surface area contributed by atoms with Gasteiger partial charge in [-0.05, 0) is 37.0 Å². The first-order chi connectivity index (χ1) is 13.2. The summed E-state index contributed by atoms with van der Waals surface area (Å²) in [6.45, 7) is 3.32. The number of amides is 1. The molecule has 1 unspecified atom stereocenters. The van der Waals surface area contributed by atoms with E-state index in [0.717, 1.165) is 56.2 Å². The Morgan fingerprint density at radius 1 is 1.30 bits per heavy atom. The zero-order chi connectivity index (χ0) is 19.1. The average molecular weight is 373 g/mol. The van der Waals surface area contributed by atoms with Crippen molar-refractivity contribution in [2.24, 2.45) is 16.8 Å². The Kier molecular flexibility index (Phi) is 7.10. The highest BCUT2D eigenvalue weighted by Crippen LogP contribution is 2.26. The quantitative estimate of drug-likeness (QED) is 0.595. The van der Waals surface area contributed by atoms with Gasteiger partial charge in [0.05, 0.1) is 6.61 Å². The van der Waals surface area contributed by atoms with Crippen LogP contribution in [0.1, 0.15) is 37.7 Å². The van der Waals surface area contributed by atoms with Crippen LogP contribution in [-0.4, -0.2) is 50.6 Å². The van der Waals surface area contributed by atoms with Crippen LogP contribution in [0.25, 0.3) is 0 Å². The van der Waals surface area contributed by atoms with Gasteiger partial charge in [-0.3, -0.25) is 9.79 Å². The van der Waals surface area contributed by atoms with Crippen LogP contribution < -0.4 is 10.6 Å². The third kappa shape index (κ3) is 5.70. The van der Waals surface area contributed by atoms with Crippen LogP contribution in [0.3, 0.4) is 0 Å². The predicted octanol–water partition coefficient (Wildman–Crippen LogP) is 2.86. The second-order valence-corrected chi connectivity index (χ2v) is 7.68. The Balaban J connectivity index is 1.51. The Morgan fingerprint density at radius 2 is 2.11 bits per heavy atom. The molecule has 1 aliphatic carbocycles. The highest BCUT2D eigenvalue weighted by molar-refractivity contribution is 5.92. The van der Waals surface area contributed by atoms with Crippen LogP contribution >= 0.6 is 0 Å². The molecule has 2 fully saturated rings. The molecule has 0 spiro atoms. The number of hydrogen-bond acceptors (Lipinski definition) is 3. The Bertz CT molecular complexity index is 649. The van der Waals surface area contributed by atoms with Gasteiger partial charge in [0.1, 0.15) is 0 Å². The van der Waals surface area contributed by atoms with Crippen LogP contribution in [0.2, 0.25) is 0 Å².